The molecule has 1 N–H and O–H groups in total. The van der Waals surface area contributed by atoms with Gasteiger partial charge in [0, 0.05) is 38.6 Å². The Bertz CT molecular complexity index is 371. The highest BCUT2D eigenvalue weighted by Crippen LogP contribution is 2.11. The van der Waals surface area contributed by atoms with E-state index in [9.17, 15) is 4.79 Å². The smallest absolute Gasteiger partial charge is 0.236 e. The third-order valence-electron chi connectivity index (χ3n) is 2.83. The minimum absolute atomic E-state index is 0. The van der Waals surface area contributed by atoms with Crippen molar-refractivity contribution in [3.05, 3.63) is 18.6 Å². The van der Waals surface area contributed by atoms with Gasteiger partial charge in [0.1, 0.15) is 5.82 Å². The van der Waals surface area contributed by atoms with E-state index in [1.165, 1.54) is 0 Å². The van der Waals surface area contributed by atoms with E-state index in [1.807, 2.05) is 4.90 Å². The number of anilines is 1. The van der Waals surface area contributed by atoms with E-state index in [-0.39, 0.29) is 30.7 Å². The summed E-state index contributed by atoms with van der Waals surface area (Å²) < 4.78 is 0. The van der Waals surface area contributed by atoms with Crippen LogP contribution in [0.2, 0.25) is 0 Å². The summed E-state index contributed by atoms with van der Waals surface area (Å²) in [7, 11) is 1.79. The number of nitrogens with one attached hydrogen (secondary N) is 1. The van der Waals surface area contributed by atoms with Crippen molar-refractivity contribution < 1.29 is 4.79 Å². The van der Waals surface area contributed by atoms with Crippen LogP contribution in [0.1, 0.15) is 0 Å². The summed E-state index contributed by atoms with van der Waals surface area (Å²) in [5.41, 5.74) is 0. The lowest BCUT2D eigenvalue weighted by Crippen LogP contribution is -2.50. The fourth-order valence-electron chi connectivity index (χ4n) is 1.90. The first-order valence-corrected chi connectivity index (χ1v) is 5.74. The molecule has 0 bridgehead atoms. The number of piperazine rings is 1. The molecular weight excluding hydrogens is 289 g/mol. The molecule has 1 aromatic heterocycles. The molecule has 108 valence electrons. The number of rotatable bonds is 3. The average Bonchev–Trinajstić information content (AvgIpc) is 2.40. The number of nitrogens with zero attached hydrogens (tertiary/aromatic N) is 4. The molecule has 0 spiro atoms. The first-order chi connectivity index (χ1) is 8.31. The number of hydrogen-bond acceptors (Lipinski definition) is 5. The van der Waals surface area contributed by atoms with Crippen molar-refractivity contribution in [1.82, 2.24) is 20.2 Å². The third-order valence-corrected chi connectivity index (χ3v) is 2.83. The predicted molar refractivity (Wildman–Crippen MR) is 79.2 cm³/mol. The molecule has 0 radical (unpaired) electrons. The Labute approximate surface area is 125 Å². The molecule has 19 heavy (non-hydrogen) atoms. The molecule has 2 rings (SSSR count). The summed E-state index contributed by atoms with van der Waals surface area (Å²) in [6, 6.07) is 0. The Morgan fingerprint density at radius 3 is 2.47 bits per heavy atom. The molecule has 0 atom stereocenters. The second kappa shape index (κ2) is 8.90. The summed E-state index contributed by atoms with van der Waals surface area (Å²) in [6.07, 6.45) is 5.11. The van der Waals surface area contributed by atoms with Crippen molar-refractivity contribution in [3.8, 4) is 0 Å². The topological polar surface area (TPSA) is 61.4 Å². The van der Waals surface area contributed by atoms with E-state index in [4.69, 9.17) is 0 Å². The fourth-order valence-corrected chi connectivity index (χ4v) is 1.90. The number of aromatic nitrogens is 2. The van der Waals surface area contributed by atoms with Gasteiger partial charge in [-0.1, -0.05) is 0 Å². The van der Waals surface area contributed by atoms with Crippen LogP contribution in [0.3, 0.4) is 0 Å². The van der Waals surface area contributed by atoms with E-state index >= 15 is 0 Å². The van der Waals surface area contributed by atoms with Crippen molar-refractivity contribution in [2.75, 3.05) is 44.7 Å². The quantitative estimate of drug-likeness (QED) is 0.864. The van der Waals surface area contributed by atoms with Gasteiger partial charge in [-0.05, 0) is 7.05 Å². The van der Waals surface area contributed by atoms with Crippen LogP contribution in [0, 0.1) is 0 Å². The van der Waals surface area contributed by atoms with Gasteiger partial charge in [0.25, 0.3) is 0 Å². The molecular formula is C11H19Cl2N5O. The van der Waals surface area contributed by atoms with Crippen LogP contribution in [-0.4, -0.2) is 60.5 Å². The Hall–Kier alpha value is -1.11. The second-order valence-corrected chi connectivity index (χ2v) is 3.96. The molecule has 1 aliphatic rings. The van der Waals surface area contributed by atoms with Gasteiger partial charge in [-0.3, -0.25) is 9.78 Å². The van der Waals surface area contributed by atoms with Crippen molar-refractivity contribution in [2.24, 2.45) is 0 Å². The van der Waals surface area contributed by atoms with Crippen LogP contribution < -0.4 is 10.2 Å². The fraction of sp³-hybridized carbons (Fsp3) is 0.545. The zero-order valence-corrected chi connectivity index (χ0v) is 12.4. The van der Waals surface area contributed by atoms with E-state index < -0.39 is 0 Å². The molecule has 1 fully saturated rings. The van der Waals surface area contributed by atoms with E-state index in [0.29, 0.717) is 6.54 Å². The second-order valence-electron chi connectivity index (χ2n) is 3.96. The highest BCUT2D eigenvalue weighted by atomic mass is 35.5. The van der Waals surface area contributed by atoms with E-state index in [2.05, 4.69) is 20.2 Å². The number of carbonyl (C=O) groups excluding carboxylic acids is 1. The molecule has 2 heterocycles. The molecule has 1 saturated heterocycles. The average molecular weight is 308 g/mol. The zero-order valence-electron chi connectivity index (χ0n) is 10.8. The normalized spacial score (nSPS) is 14.4. The number of halogens is 2. The molecule has 1 aromatic rings. The Morgan fingerprint density at radius 1 is 1.26 bits per heavy atom. The van der Waals surface area contributed by atoms with Gasteiger partial charge in [-0.2, -0.15) is 0 Å². The maximum atomic E-state index is 11.7. The molecule has 8 heteroatoms. The summed E-state index contributed by atoms with van der Waals surface area (Å²) in [5, 5.41) is 2.88. The van der Waals surface area contributed by atoms with Crippen LogP contribution in [0.4, 0.5) is 5.82 Å². The summed E-state index contributed by atoms with van der Waals surface area (Å²) >= 11 is 0. The largest absolute Gasteiger partial charge is 0.352 e. The van der Waals surface area contributed by atoms with Gasteiger partial charge in [0.2, 0.25) is 5.91 Å². The van der Waals surface area contributed by atoms with Crippen molar-refractivity contribution in [3.63, 3.8) is 0 Å². The monoisotopic (exact) mass is 307 g/mol. The minimum Gasteiger partial charge on any atom is -0.352 e. The highest BCUT2D eigenvalue weighted by Gasteiger charge is 2.21. The molecule has 0 saturated carbocycles. The summed E-state index contributed by atoms with van der Waals surface area (Å²) in [6.45, 7) is 3.53. The van der Waals surface area contributed by atoms with Gasteiger partial charge < -0.3 is 15.1 Å². The lowest BCUT2D eigenvalue weighted by atomic mass is 10.3. The Balaban J connectivity index is 0.00000162. The molecule has 6 nitrogen and oxygen atoms in total. The van der Waals surface area contributed by atoms with Gasteiger partial charge in [0.15, 0.2) is 0 Å². The maximum Gasteiger partial charge on any atom is 0.236 e. The van der Waals surface area contributed by atoms with Crippen LogP contribution in [0.15, 0.2) is 18.6 Å². The molecule has 1 aliphatic heterocycles. The van der Waals surface area contributed by atoms with Crippen LogP contribution >= 0.6 is 24.8 Å². The van der Waals surface area contributed by atoms with Gasteiger partial charge in [-0.25, -0.2) is 4.98 Å². The third kappa shape index (κ3) is 4.81. The van der Waals surface area contributed by atoms with Crippen LogP contribution in [0.5, 0.6) is 0 Å². The number of amides is 1. The first-order valence-electron chi connectivity index (χ1n) is 5.74. The number of carbonyl (C=O) groups is 1. The number of hydrogen-bond donors (Lipinski definition) is 1. The molecule has 1 amide bonds. The minimum atomic E-state index is 0. The standard InChI is InChI=1S/C11H17N5O.2ClH/c1-12-9-11(17)16-6-4-15(5-7-16)10-8-13-2-3-14-10;;/h2-3,8,12H,4-7,9H2,1H3;2*1H. The lowest BCUT2D eigenvalue weighted by Gasteiger charge is -2.35. The van der Waals surface area contributed by atoms with Crippen molar-refractivity contribution >= 4 is 36.5 Å². The molecule has 0 aliphatic carbocycles. The van der Waals surface area contributed by atoms with Crippen molar-refractivity contribution in [2.45, 2.75) is 0 Å². The van der Waals surface area contributed by atoms with Crippen LogP contribution in [0.25, 0.3) is 0 Å². The van der Waals surface area contributed by atoms with E-state index in [0.717, 1.165) is 32.0 Å². The summed E-state index contributed by atoms with van der Waals surface area (Å²) in [5.74, 6) is 1.04. The summed E-state index contributed by atoms with van der Waals surface area (Å²) in [4.78, 5) is 24.0. The predicted octanol–water partition coefficient (Wildman–Crippen LogP) is 0.188. The Morgan fingerprint density at radius 2 is 1.95 bits per heavy atom. The first kappa shape index (κ1) is 17.9. The SMILES string of the molecule is CNCC(=O)N1CCN(c2cnccn2)CC1.Cl.Cl. The number of likely N-dealkylation sites (N-methyl/N-ethyl adjacent to an activating group) is 1. The van der Waals surface area contributed by atoms with Crippen LogP contribution in [-0.2, 0) is 4.79 Å². The molecule has 0 aromatic carbocycles. The van der Waals surface area contributed by atoms with Gasteiger partial charge in [0.05, 0.1) is 12.7 Å². The Kier molecular flexibility index (Phi) is 8.38. The molecule has 0 unspecified atom stereocenters. The maximum absolute atomic E-state index is 11.7. The van der Waals surface area contributed by atoms with Gasteiger partial charge in [-0.15, -0.1) is 24.8 Å². The van der Waals surface area contributed by atoms with E-state index in [1.54, 1.807) is 25.6 Å². The zero-order chi connectivity index (χ0) is 12.1. The van der Waals surface area contributed by atoms with Crippen molar-refractivity contribution in [1.29, 1.82) is 0 Å². The van der Waals surface area contributed by atoms with Gasteiger partial charge >= 0.3 is 0 Å². The highest BCUT2D eigenvalue weighted by molar-refractivity contribution is 5.85. The lowest BCUT2D eigenvalue weighted by molar-refractivity contribution is -0.130.